The maximum Gasteiger partial charge on any atom is 0.253 e. The molecule has 1 saturated heterocycles. The molecular weight excluding hydrogens is 230 g/mol. The third-order valence-electron chi connectivity index (χ3n) is 3.13. The van der Waals surface area contributed by atoms with Gasteiger partial charge in [0.2, 0.25) is 5.82 Å². The summed E-state index contributed by atoms with van der Waals surface area (Å²) in [6.45, 7) is 1.73. The number of nitrogens with one attached hydrogen (secondary N) is 1. The summed E-state index contributed by atoms with van der Waals surface area (Å²) in [7, 11) is 0. The minimum Gasteiger partial charge on any atom is -0.339 e. The van der Waals surface area contributed by atoms with Crippen LogP contribution in [0.1, 0.15) is 23.2 Å². The molecule has 2 heterocycles. The van der Waals surface area contributed by atoms with Gasteiger partial charge in [0.25, 0.3) is 5.91 Å². The highest BCUT2D eigenvalue weighted by molar-refractivity contribution is 5.94. The van der Waals surface area contributed by atoms with Crippen LogP contribution in [0.4, 0.5) is 0 Å². The lowest BCUT2D eigenvalue weighted by atomic mass is 10.1. The third kappa shape index (κ3) is 1.97. The molecule has 3 rings (SSSR count). The Kier molecular flexibility index (Phi) is 2.76. The number of benzene rings is 1. The van der Waals surface area contributed by atoms with E-state index in [1.807, 2.05) is 29.2 Å². The van der Waals surface area contributed by atoms with Crippen LogP contribution in [0.15, 0.2) is 24.3 Å². The maximum absolute atomic E-state index is 12.1. The van der Waals surface area contributed by atoms with Gasteiger partial charge in [0.15, 0.2) is 0 Å². The predicted molar refractivity (Wildman–Crippen MR) is 64.8 cm³/mol. The number of tetrazole rings is 1. The van der Waals surface area contributed by atoms with Crippen molar-refractivity contribution in [1.29, 1.82) is 0 Å². The Balaban J connectivity index is 1.80. The normalized spacial score (nSPS) is 15.0. The van der Waals surface area contributed by atoms with Gasteiger partial charge in [-0.05, 0) is 30.2 Å². The standard InChI is InChI=1S/C12H13N5O/c18-12(17-7-1-2-8-17)10-5-3-9(4-6-10)11-13-15-16-14-11/h3-6H,1-2,7-8H2,(H,13,14,15,16). The Hall–Kier alpha value is -2.24. The lowest BCUT2D eigenvalue weighted by molar-refractivity contribution is 0.0793. The number of aromatic nitrogens is 4. The summed E-state index contributed by atoms with van der Waals surface area (Å²) in [5.74, 6) is 0.641. The van der Waals surface area contributed by atoms with Gasteiger partial charge in [-0.1, -0.05) is 12.1 Å². The monoisotopic (exact) mass is 243 g/mol. The van der Waals surface area contributed by atoms with Crippen molar-refractivity contribution in [3.63, 3.8) is 0 Å². The van der Waals surface area contributed by atoms with Crippen molar-refractivity contribution >= 4 is 5.91 Å². The third-order valence-corrected chi connectivity index (χ3v) is 3.13. The summed E-state index contributed by atoms with van der Waals surface area (Å²) in [6.07, 6.45) is 2.21. The summed E-state index contributed by atoms with van der Waals surface area (Å²) < 4.78 is 0. The Labute approximate surface area is 104 Å². The molecule has 6 heteroatoms. The molecule has 92 valence electrons. The number of carbonyl (C=O) groups is 1. The van der Waals surface area contributed by atoms with Crippen molar-refractivity contribution in [2.24, 2.45) is 0 Å². The number of carbonyl (C=O) groups excluding carboxylic acids is 1. The van der Waals surface area contributed by atoms with Crippen LogP contribution in [-0.2, 0) is 0 Å². The fourth-order valence-electron chi connectivity index (χ4n) is 2.15. The van der Waals surface area contributed by atoms with Crippen LogP contribution in [0.25, 0.3) is 11.4 Å². The summed E-state index contributed by atoms with van der Waals surface area (Å²) in [6, 6.07) is 7.31. The lowest BCUT2D eigenvalue weighted by Gasteiger charge is -2.15. The number of H-pyrrole nitrogens is 1. The van der Waals surface area contributed by atoms with Gasteiger partial charge in [0.1, 0.15) is 0 Å². The van der Waals surface area contributed by atoms with Gasteiger partial charge >= 0.3 is 0 Å². The van der Waals surface area contributed by atoms with Crippen LogP contribution < -0.4 is 0 Å². The van der Waals surface area contributed by atoms with Crippen LogP contribution >= 0.6 is 0 Å². The van der Waals surface area contributed by atoms with E-state index in [9.17, 15) is 4.79 Å². The molecule has 18 heavy (non-hydrogen) atoms. The Morgan fingerprint density at radius 1 is 1.17 bits per heavy atom. The minimum absolute atomic E-state index is 0.104. The van der Waals surface area contributed by atoms with E-state index < -0.39 is 0 Å². The van der Waals surface area contributed by atoms with E-state index in [-0.39, 0.29) is 5.91 Å². The van der Waals surface area contributed by atoms with E-state index in [2.05, 4.69) is 20.6 Å². The quantitative estimate of drug-likeness (QED) is 0.857. The van der Waals surface area contributed by atoms with E-state index in [0.717, 1.165) is 31.5 Å². The highest BCUT2D eigenvalue weighted by Gasteiger charge is 2.19. The number of amides is 1. The van der Waals surface area contributed by atoms with E-state index in [1.54, 1.807) is 0 Å². The first kappa shape index (κ1) is 10.9. The van der Waals surface area contributed by atoms with Crippen LogP contribution in [0, 0.1) is 0 Å². The number of hydrogen-bond acceptors (Lipinski definition) is 4. The lowest BCUT2D eigenvalue weighted by Crippen LogP contribution is -2.27. The molecule has 0 aliphatic carbocycles. The topological polar surface area (TPSA) is 74.8 Å². The van der Waals surface area contributed by atoms with Gasteiger partial charge in [-0.3, -0.25) is 4.79 Å². The van der Waals surface area contributed by atoms with Crippen molar-refractivity contribution in [2.45, 2.75) is 12.8 Å². The molecule has 1 aromatic heterocycles. The Bertz CT molecular complexity index is 528. The number of rotatable bonds is 2. The summed E-state index contributed by atoms with van der Waals surface area (Å²) in [5.41, 5.74) is 1.56. The van der Waals surface area contributed by atoms with E-state index in [0.29, 0.717) is 11.4 Å². The summed E-state index contributed by atoms with van der Waals surface area (Å²) >= 11 is 0. The van der Waals surface area contributed by atoms with Crippen LogP contribution in [0.5, 0.6) is 0 Å². The zero-order chi connectivity index (χ0) is 12.4. The van der Waals surface area contributed by atoms with Crippen molar-refractivity contribution < 1.29 is 4.79 Å². The molecule has 0 spiro atoms. The average Bonchev–Trinajstić information content (AvgIpc) is 3.11. The molecule has 1 aromatic carbocycles. The number of nitrogens with zero attached hydrogens (tertiary/aromatic N) is 4. The Morgan fingerprint density at radius 2 is 1.89 bits per heavy atom. The molecule has 1 aliphatic rings. The van der Waals surface area contributed by atoms with Crippen LogP contribution in [0.2, 0.25) is 0 Å². The van der Waals surface area contributed by atoms with Crippen molar-refractivity contribution in [3.05, 3.63) is 29.8 Å². The second-order valence-corrected chi connectivity index (χ2v) is 4.31. The first-order valence-electron chi connectivity index (χ1n) is 5.98. The summed E-state index contributed by atoms with van der Waals surface area (Å²) in [5, 5.41) is 13.7. The number of hydrogen-bond donors (Lipinski definition) is 1. The average molecular weight is 243 g/mol. The molecular formula is C12H13N5O. The molecule has 1 N–H and O–H groups in total. The fourth-order valence-corrected chi connectivity index (χ4v) is 2.15. The van der Waals surface area contributed by atoms with Gasteiger partial charge < -0.3 is 4.90 Å². The molecule has 1 aliphatic heterocycles. The summed E-state index contributed by atoms with van der Waals surface area (Å²) in [4.78, 5) is 14.0. The second-order valence-electron chi connectivity index (χ2n) is 4.31. The van der Waals surface area contributed by atoms with Crippen molar-refractivity contribution in [1.82, 2.24) is 25.5 Å². The van der Waals surface area contributed by atoms with Gasteiger partial charge in [0.05, 0.1) is 0 Å². The molecule has 0 saturated carbocycles. The smallest absolute Gasteiger partial charge is 0.253 e. The molecule has 2 aromatic rings. The van der Waals surface area contributed by atoms with Crippen molar-refractivity contribution in [2.75, 3.05) is 13.1 Å². The van der Waals surface area contributed by atoms with Gasteiger partial charge in [-0.25, -0.2) is 0 Å². The van der Waals surface area contributed by atoms with Crippen molar-refractivity contribution in [3.8, 4) is 11.4 Å². The van der Waals surface area contributed by atoms with Crippen LogP contribution in [-0.4, -0.2) is 44.5 Å². The largest absolute Gasteiger partial charge is 0.339 e. The highest BCUT2D eigenvalue weighted by atomic mass is 16.2. The van der Waals surface area contributed by atoms with Gasteiger partial charge in [0, 0.05) is 24.2 Å². The van der Waals surface area contributed by atoms with E-state index >= 15 is 0 Å². The highest BCUT2D eigenvalue weighted by Crippen LogP contribution is 2.17. The molecule has 1 amide bonds. The zero-order valence-corrected chi connectivity index (χ0v) is 9.83. The molecule has 0 bridgehead atoms. The fraction of sp³-hybridized carbons (Fsp3) is 0.333. The maximum atomic E-state index is 12.1. The SMILES string of the molecule is O=C(c1ccc(-c2nn[nH]n2)cc1)N1CCCC1. The van der Waals surface area contributed by atoms with E-state index in [4.69, 9.17) is 0 Å². The number of aromatic amines is 1. The molecule has 6 nitrogen and oxygen atoms in total. The van der Waals surface area contributed by atoms with Gasteiger partial charge in [-0.2, -0.15) is 5.21 Å². The van der Waals surface area contributed by atoms with Gasteiger partial charge in [-0.15, -0.1) is 10.2 Å². The van der Waals surface area contributed by atoms with Crippen LogP contribution in [0.3, 0.4) is 0 Å². The first-order valence-corrected chi connectivity index (χ1v) is 5.98. The first-order chi connectivity index (χ1) is 8.84. The predicted octanol–water partition coefficient (Wildman–Crippen LogP) is 1.10. The zero-order valence-electron chi connectivity index (χ0n) is 9.83. The number of likely N-dealkylation sites (tertiary alicyclic amines) is 1. The molecule has 0 unspecified atom stereocenters. The molecule has 1 fully saturated rings. The molecule has 0 atom stereocenters. The Morgan fingerprint density at radius 3 is 2.50 bits per heavy atom. The molecule has 0 radical (unpaired) electrons. The minimum atomic E-state index is 0.104. The van der Waals surface area contributed by atoms with E-state index in [1.165, 1.54) is 0 Å². The second kappa shape index (κ2) is 4.56.